The summed E-state index contributed by atoms with van der Waals surface area (Å²) in [6.07, 6.45) is 3.52. The monoisotopic (exact) mass is 594 g/mol. The molecule has 2 heterocycles. The summed E-state index contributed by atoms with van der Waals surface area (Å²) in [6, 6.07) is 9.49. The van der Waals surface area contributed by atoms with Gasteiger partial charge >= 0.3 is 0 Å². The second kappa shape index (κ2) is 14.6. The summed E-state index contributed by atoms with van der Waals surface area (Å²) in [6.45, 7) is 1.96. The number of piperidine rings is 1. The number of amides is 2. The van der Waals surface area contributed by atoms with Crippen LogP contribution in [0.25, 0.3) is 0 Å². The van der Waals surface area contributed by atoms with Crippen LogP contribution in [0, 0.1) is 11.7 Å². The van der Waals surface area contributed by atoms with Gasteiger partial charge in [-0.1, -0.05) is 47.3 Å². The van der Waals surface area contributed by atoms with Crippen molar-refractivity contribution in [2.45, 2.75) is 63.4 Å². The fourth-order valence-corrected chi connectivity index (χ4v) is 6.31. The van der Waals surface area contributed by atoms with Crippen LogP contribution in [0.4, 0.5) is 4.39 Å². The maximum absolute atomic E-state index is 14.4. The van der Waals surface area contributed by atoms with Crippen LogP contribution in [0.2, 0.25) is 0 Å². The third kappa shape index (κ3) is 9.39. The molecule has 2 fully saturated rings. The van der Waals surface area contributed by atoms with Crippen molar-refractivity contribution in [1.29, 1.82) is 0 Å². The highest BCUT2D eigenvalue weighted by molar-refractivity contribution is 7.88. The fourth-order valence-electron chi connectivity index (χ4n) is 5.57. The largest absolute Gasteiger partial charge is 0.371 e. The Morgan fingerprint density at radius 1 is 1.14 bits per heavy atom. The second-order valence-electron chi connectivity index (χ2n) is 11.2. The topological polar surface area (TPSA) is 117 Å². The molecule has 0 aliphatic carbocycles. The Kier molecular flexibility index (Phi) is 11.2. The van der Waals surface area contributed by atoms with E-state index in [2.05, 4.69) is 15.4 Å². The minimum absolute atomic E-state index is 0.0566. The van der Waals surface area contributed by atoms with Crippen molar-refractivity contribution in [1.82, 2.24) is 20.3 Å². The number of rotatable bonds is 12. The zero-order chi connectivity index (χ0) is 30.3. The lowest BCUT2D eigenvalue weighted by molar-refractivity contribution is -0.140. The van der Waals surface area contributed by atoms with Gasteiger partial charge in [0.05, 0.1) is 19.0 Å². The zero-order valence-electron chi connectivity index (χ0n) is 23.9. The molecule has 0 spiro atoms. The molecule has 0 saturated carbocycles. The van der Waals surface area contributed by atoms with Crippen molar-refractivity contribution in [3.05, 3.63) is 59.4 Å². The molecule has 222 valence electrons. The van der Waals surface area contributed by atoms with Gasteiger partial charge < -0.3 is 20.3 Å². The van der Waals surface area contributed by atoms with Crippen LogP contribution >= 0.6 is 0 Å². The maximum Gasteiger partial charge on any atom is 0.243 e. The maximum atomic E-state index is 14.4. The molecule has 9 nitrogen and oxygen atoms in total. The molecular weight excluding hydrogens is 557 g/mol. The minimum Gasteiger partial charge on any atom is -0.371 e. The van der Waals surface area contributed by atoms with Crippen molar-refractivity contribution in [3.8, 4) is 0 Å². The molecule has 0 unspecified atom stereocenters. The first-order valence-electron chi connectivity index (χ1n) is 14.2. The number of hydrogen-bond acceptors (Lipinski definition) is 6. The van der Waals surface area contributed by atoms with E-state index in [4.69, 9.17) is 20.4 Å². The summed E-state index contributed by atoms with van der Waals surface area (Å²) in [7, 11) is 7.79. The van der Waals surface area contributed by atoms with Crippen molar-refractivity contribution in [3.63, 3.8) is 0 Å². The number of nitrogens with zero attached hydrogens (tertiary/aromatic N) is 1. The number of carbonyl (C=O) groups is 2. The van der Waals surface area contributed by atoms with E-state index in [9.17, 15) is 22.4 Å². The number of benzene rings is 2. The molecule has 3 N–H and O–H groups in total. The number of likely N-dealkylation sites (tertiary alicyclic amines) is 1. The highest BCUT2D eigenvalue weighted by Crippen LogP contribution is 2.26. The predicted octanol–water partition coefficient (Wildman–Crippen LogP) is -0.0866. The molecule has 4 rings (SSSR count). The number of halogens is 1. The number of carbonyl (C=O) groups excluding carboxylic acids is 2. The van der Waals surface area contributed by atoms with Gasteiger partial charge in [-0.2, -0.15) is 0 Å². The van der Waals surface area contributed by atoms with E-state index in [1.165, 1.54) is 17.0 Å². The molecule has 2 aromatic carbocycles. The highest BCUT2D eigenvalue weighted by Gasteiger charge is 2.42. The van der Waals surface area contributed by atoms with E-state index in [1.54, 1.807) is 24.3 Å². The Morgan fingerprint density at radius 3 is 2.57 bits per heavy atom. The summed E-state index contributed by atoms with van der Waals surface area (Å²) >= 11 is 0. The number of ether oxygens (including phenoxy) is 1. The zero-order valence-corrected chi connectivity index (χ0v) is 24.7. The Labute approximate surface area is 250 Å². The van der Waals surface area contributed by atoms with Gasteiger partial charge in [-0.25, -0.2) is 17.5 Å². The van der Waals surface area contributed by atoms with Crippen molar-refractivity contribution >= 4 is 48.5 Å². The molecule has 42 heavy (non-hydrogen) atoms. The second-order valence-corrected chi connectivity index (χ2v) is 13.0. The molecule has 2 amide bonds. The lowest BCUT2D eigenvalue weighted by Gasteiger charge is -2.30. The first-order valence-corrected chi connectivity index (χ1v) is 16.1. The van der Waals surface area contributed by atoms with Crippen molar-refractivity contribution < 1.29 is 27.1 Å². The molecule has 13 heteroatoms. The van der Waals surface area contributed by atoms with E-state index >= 15 is 0 Å². The minimum atomic E-state index is -3.71. The van der Waals surface area contributed by atoms with Crippen LogP contribution in [0.5, 0.6) is 0 Å². The molecule has 4 radical (unpaired) electrons. The van der Waals surface area contributed by atoms with E-state index in [0.29, 0.717) is 35.2 Å². The number of nitrogens with one attached hydrogen (secondary N) is 3. The van der Waals surface area contributed by atoms with Gasteiger partial charge in [0.2, 0.25) is 21.8 Å². The molecule has 2 aliphatic heterocycles. The van der Waals surface area contributed by atoms with E-state index in [-0.39, 0.29) is 26.1 Å². The summed E-state index contributed by atoms with van der Waals surface area (Å²) < 4.78 is 47.3. The van der Waals surface area contributed by atoms with Gasteiger partial charge in [-0.3, -0.25) is 9.59 Å². The van der Waals surface area contributed by atoms with Gasteiger partial charge in [0.25, 0.3) is 0 Å². The van der Waals surface area contributed by atoms with Crippen LogP contribution in [-0.4, -0.2) is 84.9 Å². The summed E-state index contributed by atoms with van der Waals surface area (Å²) in [5.74, 6) is -1.01. The van der Waals surface area contributed by atoms with Gasteiger partial charge in [0.15, 0.2) is 0 Å². The highest BCUT2D eigenvalue weighted by atomic mass is 32.2. The number of hydrogen-bond donors (Lipinski definition) is 3. The SMILES string of the molecule is [B]c1cccc(CNC(=O)[C@@H]2C[C@@H](OCc3ccc([B])cc3F)CN2C(=O)[C@@H](CCC2CCNCC2)NS(C)(=O)=O)c1. The quantitative estimate of drug-likeness (QED) is 0.296. The standard InChI is InChI=1S/C29H37B2FN4O5S/c1-42(39,40)35-26(8-5-19-9-11-33-12-10-19)29(38)36-17-24(41-18-21-6-7-23(31)14-25(21)32)15-27(36)28(37)34-16-20-3-2-4-22(30)13-20/h2-4,6-7,13-14,19,24,26-27,33,35H,5,8-12,15-18H2,1H3,(H,34,37)/t24-,26-,27+/m1/s1. The summed E-state index contributed by atoms with van der Waals surface area (Å²) in [5, 5.41) is 6.18. The third-order valence-electron chi connectivity index (χ3n) is 7.79. The molecule has 2 aliphatic rings. The van der Waals surface area contributed by atoms with Crippen LogP contribution in [0.3, 0.4) is 0 Å². The van der Waals surface area contributed by atoms with Crippen LogP contribution in [-0.2, 0) is 37.5 Å². The van der Waals surface area contributed by atoms with Crippen molar-refractivity contribution in [2.24, 2.45) is 5.92 Å². The fraction of sp³-hybridized carbons (Fsp3) is 0.517. The van der Waals surface area contributed by atoms with E-state index in [1.807, 2.05) is 6.07 Å². The molecular formula is C29H37B2FN4O5S. The lowest BCUT2D eigenvalue weighted by Crippen LogP contribution is -2.53. The lowest BCUT2D eigenvalue weighted by atomic mass is 9.91. The molecule has 3 atom stereocenters. The van der Waals surface area contributed by atoms with Gasteiger partial charge in [0, 0.05) is 25.1 Å². The average molecular weight is 594 g/mol. The molecule has 0 bridgehead atoms. The van der Waals surface area contributed by atoms with Crippen LogP contribution < -0.4 is 26.3 Å². The van der Waals surface area contributed by atoms with E-state index < -0.39 is 45.8 Å². The van der Waals surface area contributed by atoms with Gasteiger partial charge in [0.1, 0.15) is 33.6 Å². The number of sulfonamides is 1. The predicted molar refractivity (Wildman–Crippen MR) is 161 cm³/mol. The average Bonchev–Trinajstić information content (AvgIpc) is 3.37. The van der Waals surface area contributed by atoms with E-state index in [0.717, 1.165) is 37.8 Å². The van der Waals surface area contributed by atoms with Crippen LogP contribution in [0.1, 0.15) is 43.2 Å². The van der Waals surface area contributed by atoms with Gasteiger partial charge in [-0.15, -0.1) is 0 Å². The summed E-state index contributed by atoms with van der Waals surface area (Å²) in [5.41, 5.74) is 1.95. The first-order chi connectivity index (χ1) is 20.0. The Morgan fingerprint density at radius 2 is 1.88 bits per heavy atom. The smallest absolute Gasteiger partial charge is 0.243 e. The molecule has 2 aromatic rings. The molecule has 2 saturated heterocycles. The molecule has 0 aromatic heterocycles. The Hall–Kier alpha value is -2.73. The normalized spacial score (nSPS) is 20.4. The third-order valence-corrected chi connectivity index (χ3v) is 8.51. The summed E-state index contributed by atoms with van der Waals surface area (Å²) in [4.78, 5) is 28.7. The van der Waals surface area contributed by atoms with Crippen molar-refractivity contribution in [2.75, 3.05) is 25.9 Å². The Bertz CT molecular complexity index is 1360. The van der Waals surface area contributed by atoms with Gasteiger partial charge in [-0.05, 0) is 56.3 Å². The van der Waals surface area contributed by atoms with Crippen LogP contribution in [0.15, 0.2) is 42.5 Å². The first kappa shape index (κ1) is 32.2. The Balaban J connectivity index is 1.50.